The summed E-state index contributed by atoms with van der Waals surface area (Å²) < 4.78 is 0. The van der Waals surface area contributed by atoms with Gasteiger partial charge in [-0.25, -0.2) is 0 Å². The topological polar surface area (TPSA) is 65.2 Å². The number of pyridine rings is 1. The number of aromatic nitrogens is 1. The van der Waals surface area contributed by atoms with Crippen LogP contribution in [0.4, 0.5) is 5.69 Å². The molecule has 1 aromatic heterocycles. The molecule has 2 heterocycles. The first-order chi connectivity index (χ1) is 10.1. The van der Waals surface area contributed by atoms with Gasteiger partial charge in [-0.2, -0.15) is 0 Å². The number of benzene rings is 1. The van der Waals surface area contributed by atoms with Crippen LogP contribution in [0, 0.1) is 6.92 Å². The van der Waals surface area contributed by atoms with Crippen LogP contribution in [0.3, 0.4) is 0 Å². The standard InChI is InChI=1S/C16H19N3O2.ClH/c1-11-5-4-6-12-9-13(16(21)18-15(11)12)17-14(20)10-19-7-2-3-8-19;/h4-6,9H,2-3,7-8,10H2,1H3,(H,17,20)(H,18,21);1H. The van der Waals surface area contributed by atoms with Gasteiger partial charge in [-0.15, -0.1) is 12.4 Å². The highest BCUT2D eigenvalue weighted by molar-refractivity contribution is 5.94. The molecule has 1 aromatic carbocycles. The van der Waals surface area contributed by atoms with Crippen LogP contribution < -0.4 is 10.9 Å². The zero-order valence-corrected chi connectivity index (χ0v) is 13.3. The molecular formula is C16H20ClN3O2. The van der Waals surface area contributed by atoms with Crippen LogP contribution in [0.5, 0.6) is 0 Å². The molecule has 2 N–H and O–H groups in total. The second-order valence-corrected chi connectivity index (χ2v) is 5.58. The summed E-state index contributed by atoms with van der Waals surface area (Å²) in [6, 6.07) is 7.55. The van der Waals surface area contributed by atoms with E-state index in [1.165, 1.54) is 0 Å². The molecule has 0 atom stereocenters. The minimum atomic E-state index is -0.258. The van der Waals surface area contributed by atoms with E-state index in [-0.39, 0.29) is 23.9 Å². The average Bonchev–Trinajstić information content (AvgIpc) is 2.93. The Morgan fingerprint density at radius 3 is 2.77 bits per heavy atom. The molecule has 2 aromatic rings. The number of H-pyrrole nitrogens is 1. The molecule has 1 aliphatic heterocycles. The van der Waals surface area contributed by atoms with Crippen LogP contribution in [-0.4, -0.2) is 35.4 Å². The van der Waals surface area contributed by atoms with Gasteiger partial charge >= 0.3 is 0 Å². The molecule has 0 bridgehead atoms. The van der Waals surface area contributed by atoms with Crippen LogP contribution in [-0.2, 0) is 4.79 Å². The van der Waals surface area contributed by atoms with E-state index in [4.69, 9.17) is 0 Å². The summed E-state index contributed by atoms with van der Waals surface area (Å²) in [4.78, 5) is 29.0. The zero-order chi connectivity index (χ0) is 14.8. The molecule has 22 heavy (non-hydrogen) atoms. The van der Waals surface area contributed by atoms with E-state index >= 15 is 0 Å². The molecule has 0 radical (unpaired) electrons. The highest BCUT2D eigenvalue weighted by Gasteiger charge is 2.16. The van der Waals surface area contributed by atoms with Gasteiger partial charge in [0.2, 0.25) is 5.91 Å². The highest BCUT2D eigenvalue weighted by Crippen LogP contribution is 2.17. The summed E-state index contributed by atoms with van der Waals surface area (Å²) in [6.07, 6.45) is 2.28. The van der Waals surface area contributed by atoms with Crippen molar-refractivity contribution in [2.45, 2.75) is 19.8 Å². The first kappa shape index (κ1) is 16.5. The molecule has 1 fully saturated rings. The van der Waals surface area contributed by atoms with E-state index in [2.05, 4.69) is 15.2 Å². The molecule has 3 rings (SSSR count). The van der Waals surface area contributed by atoms with Gasteiger partial charge in [0.1, 0.15) is 5.69 Å². The molecule has 1 amide bonds. The fourth-order valence-electron chi connectivity index (χ4n) is 2.81. The summed E-state index contributed by atoms with van der Waals surface area (Å²) in [5.41, 5.74) is 1.89. The molecule has 5 nitrogen and oxygen atoms in total. The Bertz CT molecular complexity index is 736. The lowest BCUT2D eigenvalue weighted by Gasteiger charge is -2.14. The summed E-state index contributed by atoms with van der Waals surface area (Å²) in [6.45, 7) is 4.22. The number of nitrogens with one attached hydrogen (secondary N) is 2. The fourth-order valence-corrected chi connectivity index (χ4v) is 2.81. The Morgan fingerprint density at radius 1 is 1.32 bits per heavy atom. The number of para-hydroxylation sites is 1. The number of hydrogen-bond donors (Lipinski definition) is 2. The highest BCUT2D eigenvalue weighted by atomic mass is 35.5. The van der Waals surface area contributed by atoms with Crippen molar-refractivity contribution in [3.05, 3.63) is 40.2 Å². The first-order valence-electron chi connectivity index (χ1n) is 7.28. The van der Waals surface area contributed by atoms with Crippen LogP contribution in [0.25, 0.3) is 10.9 Å². The summed E-state index contributed by atoms with van der Waals surface area (Å²) in [7, 11) is 0. The van der Waals surface area contributed by atoms with Gasteiger partial charge in [0.15, 0.2) is 0 Å². The third-order valence-electron chi connectivity index (χ3n) is 3.93. The second-order valence-electron chi connectivity index (χ2n) is 5.58. The van der Waals surface area contributed by atoms with E-state index < -0.39 is 0 Å². The van der Waals surface area contributed by atoms with Gasteiger partial charge in [-0.05, 0) is 44.5 Å². The minimum Gasteiger partial charge on any atom is -0.320 e. The number of nitrogens with zero attached hydrogens (tertiary/aromatic N) is 1. The van der Waals surface area contributed by atoms with E-state index in [0.29, 0.717) is 12.2 Å². The Hall–Kier alpha value is -1.85. The molecule has 1 saturated heterocycles. The maximum atomic E-state index is 12.1. The maximum absolute atomic E-state index is 12.1. The average molecular weight is 322 g/mol. The maximum Gasteiger partial charge on any atom is 0.272 e. The van der Waals surface area contributed by atoms with Gasteiger partial charge in [0, 0.05) is 5.39 Å². The van der Waals surface area contributed by atoms with E-state index in [1.807, 2.05) is 25.1 Å². The molecule has 1 aliphatic rings. The number of fused-ring (bicyclic) bond motifs is 1. The van der Waals surface area contributed by atoms with Crippen molar-refractivity contribution >= 4 is 34.9 Å². The van der Waals surface area contributed by atoms with E-state index in [0.717, 1.165) is 42.4 Å². The third-order valence-corrected chi connectivity index (χ3v) is 3.93. The normalized spacial score (nSPS) is 14.8. The summed E-state index contributed by atoms with van der Waals surface area (Å²) >= 11 is 0. The Kier molecular flexibility index (Phi) is 5.21. The first-order valence-corrected chi connectivity index (χ1v) is 7.28. The number of aromatic amines is 1. The SMILES string of the molecule is Cc1cccc2cc(NC(=O)CN3CCCC3)c(=O)[nH]c12.Cl. The zero-order valence-electron chi connectivity index (χ0n) is 12.5. The van der Waals surface area contributed by atoms with Crippen molar-refractivity contribution in [3.63, 3.8) is 0 Å². The van der Waals surface area contributed by atoms with Crippen molar-refractivity contribution in [2.75, 3.05) is 25.0 Å². The van der Waals surface area contributed by atoms with Crippen LogP contribution in [0.15, 0.2) is 29.1 Å². The predicted molar refractivity (Wildman–Crippen MR) is 90.9 cm³/mol. The van der Waals surface area contributed by atoms with Crippen molar-refractivity contribution in [1.29, 1.82) is 0 Å². The number of carbonyl (C=O) groups is 1. The van der Waals surface area contributed by atoms with Gasteiger partial charge in [-0.1, -0.05) is 18.2 Å². The monoisotopic (exact) mass is 321 g/mol. The summed E-state index contributed by atoms with van der Waals surface area (Å²) in [5, 5.41) is 3.65. The van der Waals surface area contributed by atoms with Crippen molar-refractivity contribution < 1.29 is 4.79 Å². The van der Waals surface area contributed by atoms with Gasteiger partial charge in [0.05, 0.1) is 12.1 Å². The largest absolute Gasteiger partial charge is 0.320 e. The number of amides is 1. The lowest BCUT2D eigenvalue weighted by Crippen LogP contribution is -2.32. The minimum absolute atomic E-state index is 0. The number of aryl methyl sites for hydroxylation is 1. The number of halogens is 1. The number of hydrogen-bond acceptors (Lipinski definition) is 3. The van der Waals surface area contributed by atoms with Crippen LogP contribution >= 0.6 is 12.4 Å². The van der Waals surface area contributed by atoms with E-state index in [9.17, 15) is 9.59 Å². The van der Waals surface area contributed by atoms with Gasteiger partial charge in [-0.3, -0.25) is 14.5 Å². The lowest BCUT2D eigenvalue weighted by atomic mass is 10.1. The molecule has 0 aliphatic carbocycles. The smallest absolute Gasteiger partial charge is 0.272 e. The third kappa shape index (κ3) is 3.48. The number of anilines is 1. The molecule has 0 saturated carbocycles. The number of rotatable bonds is 3. The van der Waals surface area contributed by atoms with Crippen molar-refractivity contribution in [2.24, 2.45) is 0 Å². The Balaban J connectivity index is 0.00000176. The van der Waals surface area contributed by atoms with Crippen molar-refractivity contribution in [1.82, 2.24) is 9.88 Å². The molecule has 0 unspecified atom stereocenters. The second kappa shape index (κ2) is 6.94. The van der Waals surface area contributed by atoms with Crippen LogP contribution in [0.1, 0.15) is 18.4 Å². The van der Waals surface area contributed by atoms with Crippen LogP contribution in [0.2, 0.25) is 0 Å². The number of likely N-dealkylation sites (tertiary alicyclic amines) is 1. The predicted octanol–water partition coefficient (Wildman–Crippen LogP) is 2.29. The quantitative estimate of drug-likeness (QED) is 0.911. The Labute approximate surface area is 135 Å². The van der Waals surface area contributed by atoms with E-state index in [1.54, 1.807) is 6.07 Å². The molecule has 6 heteroatoms. The van der Waals surface area contributed by atoms with Gasteiger partial charge in [0.25, 0.3) is 5.56 Å². The number of carbonyl (C=O) groups excluding carboxylic acids is 1. The lowest BCUT2D eigenvalue weighted by molar-refractivity contribution is -0.117. The fraction of sp³-hybridized carbons (Fsp3) is 0.375. The summed E-state index contributed by atoms with van der Waals surface area (Å²) in [5.74, 6) is -0.130. The van der Waals surface area contributed by atoms with Crippen molar-refractivity contribution in [3.8, 4) is 0 Å². The molecule has 0 spiro atoms. The molecule has 118 valence electrons. The molecular weight excluding hydrogens is 302 g/mol. The van der Waals surface area contributed by atoms with Gasteiger partial charge < -0.3 is 10.3 Å². The Morgan fingerprint density at radius 2 is 2.05 bits per heavy atom.